The van der Waals surface area contributed by atoms with E-state index < -0.39 is 9.84 Å². The van der Waals surface area contributed by atoms with Crippen molar-refractivity contribution in [1.29, 1.82) is 0 Å². The topological polar surface area (TPSA) is 126 Å². The zero-order valence-electron chi connectivity index (χ0n) is 22.1. The number of aliphatic hydroxyl groups excluding tert-OH is 1. The molecule has 1 aliphatic heterocycles. The molecule has 38 heavy (non-hydrogen) atoms. The molecule has 0 spiro atoms. The van der Waals surface area contributed by atoms with E-state index in [1.54, 1.807) is 16.9 Å². The van der Waals surface area contributed by atoms with Crippen LogP contribution in [-0.4, -0.2) is 70.0 Å². The number of sulfone groups is 1. The number of nitrogens with zero attached hydrogens (tertiary/aromatic N) is 6. The summed E-state index contributed by atoms with van der Waals surface area (Å²) >= 11 is 0. The highest BCUT2D eigenvalue weighted by molar-refractivity contribution is 7.90. The summed E-state index contributed by atoms with van der Waals surface area (Å²) in [5, 5.41) is 19.1. The van der Waals surface area contributed by atoms with Gasteiger partial charge in [-0.2, -0.15) is 5.10 Å². The Labute approximate surface area is 222 Å². The molecular formula is C27H33N7O3S. The number of benzene rings is 1. The van der Waals surface area contributed by atoms with Gasteiger partial charge in [0.1, 0.15) is 21.5 Å². The lowest BCUT2D eigenvalue weighted by atomic mass is 9.93. The Morgan fingerprint density at radius 2 is 1.92 bits per heavy atom. The fourth-order valence-electron chi connectivity index (χ4n) is 5.04. The van der Waals surface area contributed by atoms with Crippen molar-refractivity contribution in [2.75, 3.05) is 41.9 Å². The predicted molar refractivity (Wildman–Crippen MR) is 150 cm³/mol. The van der Waals surface area contributed by atoms with E-state index in [2.05, 4.69) is 51.3 Å². The molecule has 1 aromatic carbocycles. The first-order valence-corrected chi connectivity index (χ1v) is 14.8. The van der Waals surface area contributed by atoms with Crippen LogP contribution in [0.2, 0.25) is 0 Å². The standard InChI is InChI=1S/C27H33N7O3S/c1-17(2)20-5-6-24(33-13-19(14-33)16-38(4,36)37)22-12-29-26(11-21(20)22)30-25-7-8-28-27(31-25)23-15-34(9-10-35)32-18(23)3/h5-8,11-12,15,17,19,35H,9-10,13-14,16H2,1-4H3,(H,28,29,30,31). The van der Waals surface area contributed by atoms with E-state index in [0.29, 0.717) is 29.9 Å². The Kier molecular flexibility index (Phi) is 7.06. The number of aliphatic hydroxyl groups is 1. The van der Waals surface area contributed by atoms with Crippen molar-refractivity contribution in [2.45, 2.75) is 33.2 Å². The first kappa shape index (κ1) is 26.1. The van der Waals surface area contributed by atoms with Crippen LogP contribution >= 0.6 is 0 Å². The molecule has 10 nitrogen and oxygen atoms in total. The fourth-order valence-corrected chi connectivity index (χ4v) is 6.11. The molecule has 1 aliphatic rings. The van der Waals surface area contributed by atoms with Crippen molar-refractivity contribution < 1.29 is 13.5 Å². The van der Waals surface area contributed by atoms with E-state index in [-0.39, 0.29) is 18.3 Å². The van der Waals surface area contributed by atoms with Gasteiger partial charge in [-0.25, -0.2) is 23.4 Å². The van der Waals surface area contributed by atoms with Crippen LogP contribution in [0.1, 0.15) is 31.0 Å². The lowest BCUT2D eigenvalue weighted by Crippen LogP contribution is -2.49. The maximum Gasteiger partial charge on any atom is 0.164 e. The van der Waals surface area contributed by atoms with Crippen LogP contribution in [0.4, 0.5) is 17.3 Å². The van der Waals surface area contributed by atoms with Gasteiger partial charge in [0.25, 0.3) is 0 Å². The third-order valence-electron chi connectivity index (χ3n) is 6.80. The molecule has 4 heterocycles. The summed E-state index contributed by atoms with van der Waals surface area (Å²) in [6.45, 7) is 8.10. The summed E-state index contributed by atoms with van der Waals surface area (Å²) in [5.74, 6) is 2.53. The molecule has 3 aromatic heterocycles. The van der Waals surface area contributed by atoms with Crippen LogP contribution in [0, 0.1) is 12.8 Å². The number of aromatic nitrogens is 5. The Morgan fingerprint density at radius 3 is 2.63 bits per heavy atom. The Balaban J connectivity index is 1.43. The number of fused-ring (bicyclic) bond motifs is 1. The first-order chi connectivity index (χ1) is 18.1. The van der Waals surface area contributed by atoms with Gasteiger partial charge in [-0.15, -0.1) is 0 Å². The van der Waals surface area contributed by atoms with Gasteiger partial charge in [0.05, 0.1) is 30.2 Å². The van der Waals surface area contributed by atoms with Crippen LogP contribution in [-0.2, 0) is 16.4 Å². The van der Waals surface area contributed by atoms with Crippen molar-refractivity contribution in [3.8, 4) is 11.4 Å². The molecule has 0 aliphatic carbocycles. The van der Waals surface area contributed by atoms with Gasteiger partial charge in [0.15, 0.2) is 5.82 Å². The number of hydrogen-bond acceptors (Lipinski definition) is 9. The molecule has 1 fully saturated rings. The molecule has 5 rings (SSSR count). The molecule has 0 unspecified atom stereocenters. The predicted octanol–water partition coefficient (Wildman–Crippen LogP) is 3.54. The van der Waals surface area contributed by atoms with Gasteiger partial charge in [-0.1, -0.05) is 19.9 Å². The fraction of sp³-hybridized carbons (Fsp3) is 0.407. The van der Waals surface area contributed by atoms with E-state index >= 15 is 0 Å². The third kappa shape index (κ3) is 5.48. The van der Waals surface area contributed by atoms with E-state index in [0.717, 1.165) is 40.8 Å². The largest absolute Gasteiger partial charge is 0.394 e. The van der Waals surface area contributed by atoms with Crippen molar-refractivity contribution in [2.24, 2.45) is 5.92 Å². The van der Waals surface area contributed by atoms with Crippen LogP contribution in [0.3, 0.4) is 0 Å². The third-order valence-corrected chi connectivity index (χ3v) is 7.87. The average molecular weight is 536 g/mol. The summed E-state index contributed by atoms with van der Waals surface area (Å²) in [4.78, 5) is 16.0. The second kappa shape index (κ2) is 10.3. The normalized spacial score (nSPS) is 14.3. The van der Waals surface area contributed by atoms with Gasteiger partial charge in [0, 0.05) is 54.9 Å². The lowest BCUT2D eigenvalue weighted by Gasteiger charge is -2.41. The Bertz CT molecular complexity index is 1580. The SMILES string of the molecule is Cc1nn(CCO)cc1-c1nccc(Nc2cc3c(C(C)C)ccc(N4CC(CS(C)(=O)=O)C4)c3cn2)n1. The van der Waals surface area contributed by atoms with Crippen LogP contribution < -0.4 is 10.2 Å². The minimum absolute atomic E-state index is 0.00964. The average Bonchev–Trinajstić information content (AvgIpc) is 3.20. The van der Waals surface area contributed by atoms with E-state index in [1.165, 1.54) is 11.8 Å². The van der Waals surface area contributed by atoms with Gasteiger partial charge >= 0.3 is 0 Å². The highest BCUT2D eigenvalue weighted by atomic mass is 32.2. The smallest absolute Gasteiger partial charge is 0.164 e. The molecule has 0 atom stereocenters. The Morgan fingerprint density at radius 1 is 1.13 bits per heavy atom. The second-order valence-corrected chi connectivity index (χ2v) is 12.5. The molecule has 11 heteroatoms. The van der Waals surface area contributed by atoms with E-state index in [1.807, 2.05) is 25.4 Å². The molecule has 0 radical (unpaired) electrons. The minimum Gasteiger partial charge on any atom is -0.394 e. The van der Waals surface area contributed by atoms with Gasteiger partial charge in [-0.3, -0.25) is 4.68 Å². The molecular weight excluding hydrogens is 502 g/mol. The van der Waals surface area contributed by atoms with Gasteiger partial charge in [-0.05, 0) is 42.0 Å². The molecule has 0 saturated carbocycles. The van der Waals surface area contributed by atoms with Crippen molar-refractivity contribution in [3.63, 3.8) is 0 Å². The minimum atomic E-state index is -2.98. The van der Waals surface area contributed by atoms with Crippen molar-refractivity contribution in [1.82, 2.24) is 24.7 Å². The van der Waals surface area contributed by atoms with Crippen molar-refractivity contribution >= 4 is 37.9 Å². The zero-order chi connectivity index (χ0) is 27.0. The van der Waals surface area contributed by atoms with Crippen LogP contribution in [0.15, 0.2) is 42.9 Å². The molecule has 4 aromatic rings. The van der Waals surface area contributed by atoms with Crippen molar-refractivity contribution in [3.05, 3.63) is 54.1 Å². The number of anilines is 3. The number of rotatable bonds is 9. The first-order valence-electron chi connectivity index (χ1n) is 12.7. The summed E-state index contributed by atoms with van der Waals surface area (Å²) in [5.41, 5.74) is 3.90. The second-order valence-electron chi connectivity index (χ2n) is 10.3. The maximum absolute atomic E-state index is 11.7. The quantitative estimate of drug-likeness (QED) is 0.331. The number of hydrogen-bond donors (Lipinski definition) is 2. The van der Waals surface area contributed by atoms with E-state index in [4.69, 9.17) is 4.98 Å². The van der Waals surface area contributed by atoms with Crippen LogP contribution in [0.25, 0.3) is 22.2 Å². The lowest BCUT2D eigenvalue weighted by molar-refractivity contribution is 0.269. The number of aryl methyl sites for hydroxylation is 1. The molecule has 2 N–H and O–H groups in total. The number of nitrogens with one attached hydrogen (secondary N) is 1. The molecule has 200 valence electrons. The highest BCUT2D eigenvalue weighted by Crippen LogP contribution is 2.37. The maximum atomic E-state index is 11.7. The van der Waals surface area contributed by atoms with Gasteiger partial charge in [0.2, 0.25) is 0 Å². The monoisotopic (exact) mass is 535 g/mol. The Hall–Kier alpha value is -3.57. The molecule has 1 saturated heterocycles. The summed E-state index contributed by atoms with van der Waals surface area (Å²) in [6, 6.07) is 8.13. The summed E-state index contributed by atoms with van der Waals surface area (Å²) < 4.78 is 25.1. The summed E-state index contributed by atoms with van der Waals surface area (Å²) in [6.07, 6.45) is 6.72. The zero-order valence-corrected chi connectivity index (χ0v) is 22.9. The van der Waals surface area contributed by atoms with Crippen LogP contribution in [0.5, 0.6) is 0 Å². The van der Waals surface area contributed by atoms with Gasteiger partial charge < -0.3 is 15.3 Å². The molecule has 0 bridgehead atoms. The highest BCUT2D eigenvalue weighted by Gasteiger charge is 2.31. The van der Waals surface area contributed by atoms with E-state index in [9.17, 15) is 13.5 Å². The molecule has 0 amide bonds. The summed E-state index contributed by atoms with van der Waals surface area (Å²) in [7, 11) is -2.98. The number of pyridine rings is 1.